The molecule has 0 radical (unpaired) electrons. The van der Waals surface area contributed by atoms with Gasteiger partial charge in [-0.15, -0.1) is 0 Å². The van der Waals surface area contributed by atoms with Crippen LogP contribution >= 0.6 is 38.7 Å². The van der Waals surface area contributed by atoms with Crippen molar-refractivity contribution in [3.05, 3.63) is 5.73 Å². The Kier molecular flexibility index (Phi) is 28.8. The SMILES string of the molecule is CC[NH-].[I][Pt+2][I]. The summed E-state index contributed by atoms with van der Waals surface area (Å²) in [7, 11) is 0. The summed E-state index contributed by atoms with van der Waals surface area (Å²) in [6.07, 6.45) is 0. The molecule has 1 nitrogen and oxygen atoms in total. The van der Waals surface area contributed by atoms with Crippen LogP contribution < -0.4 is 0 Å². The molecule has 0 fully saturated rings. The van der Waals surface area contributed by atoms with Crippen LogP contribution in [-0.4, -0.2) is 6.54 Å². The number of nitrogens with one attached hydrogen (secondary N) is 1. The molecule has 6 heavy (non-hydrogen) atoms. The quantitative estimate of drug-likeness (QED) is 0.464. The summed E-state index contributed by atoms with van der Waals surface area (Å²) < 4.78 is 0. The number of rotatable bonds is 0. The molecule has 0 atom stereocenters. The van der Waals surface area contributed by atoms with Crippen molar-refractivity contribution in [1.29, 1.82) is 0 Å². The summed E-state index contributed by atoms with van der Waals surface area (Å²) in [5, 5.41) is 0. The number of halogens is 2. The third-order valence-electron chi connectivity index (χ3n) is 0. The van der Waals surface area contributed by atoms with Crippen molar-refractivity contribution in [2.24, 2.45) is 0 Å². The Morgan fingerprint density at radius 2 is 1.67 bits per heavy atom. The van der Waals surface area contributed by atoms with E-state index in [1.807, 2.05) is 0 Å². The monoisotopic (exact) mass is 493 g/mol. The van der Waals surface area contributed by atoms with Crippen LogP contribution in [0.1, 0.15) is 6.92 Å². The molecule has 1 N–H and O–H groups in total. The molecule has 0 aliphatic rings. The summed E-state index contributed by atoms with van der Waals surface area (Å²) in [6.45, 7) is 2.29. The fraction of sp³-hybridized carbons (Fsp3) is 1.00. The van der Waals surface area contributed by atoms with E-state index in [4.69, 9.17) is 5.73 Å². The first-order chi connectivity index (χ1) is 2.83. The molecule has 0 bridgehead atoms. The Morgan fingerprint density at radius 1 is 1.67 bits per heavy atom. The zero-order valence-corrected chi connectivity index (χ0v) is 9.87. The summed E-state index contributed by atoms with van der Waals surface area (Å²) in [6, 6.07) is 0. The van der Waals surface area contributed by atoms with Gasteiger partial charge >= 0.3 is 49.9 Å². The molecule has 42 valence electrons. The second-order valence-corrected chi connectivity index (χ2v) is 17.0. The van der Waals surface area contributed by atoms with E-state index in [0.717, 1.165) is 0 Å². The van der Waals surface area contributed by atoms with Crippen molar-refractivity contribution in [2.75, 3.05) is 6.54 Å². The minimum atomic E-state index is 0.500. The molecule has 0 aromatic heterocycles. The van der Waals surface area contributed by atoms with Crippen molar-refractivity contribution < 1.29 is 11.2 Å². The molecule has 0 heterocycles. The van der Waals surface area contributed by atoms with Crippen molar-refractivity contribution in [3.63, 3.8) is 0 Å². The van der Waals surface area contributed by atoms with Gasteiger partial charge in [0.25, 0.3) is 0 Å². The second-order valence-electron chi connectivity index (χ2n) is 0.399. The van der Waals surface area contributed by atoms with Crippen LogP contribution in [0, 0.1) is 0 Å². The second kappa shape index (κ2) is 15.7. The first kappa shape index (κ1) is 11.0. The number of hydrogen-bond acceptors (Lipinski definition) is 0. The first-order valence-corrected chi connectivity index (χ1v) is 14.2. The third kappa shape index (κ3) is 35.9. The molecular weight excluding hydrogens is 487 g/mol. The molecule has 0 aliphatic carbocycles. The predicted octanol–water partition coefficient (Wildman–Crippen LogP) is 2.83. The van der Waals surface area contributed by atoms with Crippen molar-refractivity contribution in [2.45, 2.75) is 6.92 Å². The molecule has 0 spiro atoms. The van der Waals surface area contributed by atoms with Gasteiger partial charge in [0.1, 0.15) is 0 Å². The normalized spacial score (nSPS) is 6.67. The van der Waals surface area contributed by atoms with Crippen LogP contribution in [0.15, 0.2) is 0 Å². The van der Waals surface area contributed by atoms with Gasteiger partial charge in [0.15, 0.2) is 0 Å². The van der Waals surface area contributed by atoms with Gasteiger partial charge in [-0.3, -0.25) is 0 Å². The van der Waals surface area contributed by atoms with E-state index in [2.05, 4.69) is 38.7 Å². The van der Waals surface area contributed by atoms with E-state index < -0.39 is 0 Å². The fourth-order valence-electron chi connectivity index (χ4n) is 0. The van der Waals surface area contributed by atoms with Crippen molar-refractivity contribution in [3.8, 4) is 0 Å². The first-order valence-electron chi connectivity index (χ1n) is 1.30. The van der Waals surface area contributed by atoms with E-state index in [9.17, 15) is 0 Å². The van der Waals surface area contributed by atoms with Gasteiger partial charge in [-0.2, -0.15) is 6.54 Å². The predicted molar refractivity (Wildman–Crippen MR) is 42.9 cm³/mol. The maximum absolute atomic E-state index is 6.21. The topological polar surface area (TPSA) is 23.8 Å². The molecule has 0 aromatic carbocycles. The Balaban J connectivity index is 0. The van der Waals surface area contributed by atoms with Crippen molar-refractivity contribution >= 4 is 38.7 Å². The summed E-state index contributed by atoms with van der Waals surface area (Å²) >= 11 is 5.30. The zero-order valence-electron chi connectivity index (χ0n) is 3.28. The zero-order chi connectivity index (χ0) is 5.41. The average Bonchev–Trinajstić information content (AvgIpc) is 1.39. The van der Waals surface area contributed by atoms with E-state index in [0.29, 0.717) is 17.7 Å². The summed E-state index contributed by atoms with van der Waals surface area (Å²) in [4.78, 5) is 0. The van der Waals surface area contributed by atoms with Gasteiger partial charge in [-0.25, -0.2) is 0 Å². The van der Waals surface area contributed by atoms with E-state index in [-0.39, 0.29) is 0 Å². The van der Waals surface area contributed by atoms with Crippen LogP contribution in [0.3, 0.4) is 0 Å². The standard InChI is InChI=1S/C2H6N.2HI.Pt/c1-2-3;;;/h3H,2H2,1H3;2*1H;/q-1;;;+4/p-2. The molecule has 0 aromatic rings. The Morgan fingerprint density at radius 3 is 1.67 bits per heavy atom. The third-order valence-corrected chi connectivity index (χ3v) is 0. The van der Waals surface area contributed by atoms with Crippen LogP contribution in [-0.2, 0) is 11.2 Å². The molecule has 0 aliphatic heterocycles. The van der Waals surface area contributed by atoms with E-state index in [1.54, 1.807) is 6.92 Å². The van der Waals surface area contributed by atoms with Crippen LogP contribution in [0.2, 0.25) is 0 Å². The molecular formula is C2H6I2NPt+. The molecule has 0 rings (SSSR count). The van der Waals surface area contributed by atoms with Crippen LogP contribution in [0.4, 0.5) is 0 Å². The fourth-order valence-corrected chi connectivity index (χ4v) is 0. The Labute approximate surface area is 68.0 Å². The van der Waals surface area contributed by atoms with E-state index in [1.165, 1.54) is 0 Å². The Hall–Kier alpha value is 2.11. The minimum absolute atomic E-state index is 0.500. The molecule has 4 heteroatoms. The molecule has 0 saturated carbocycles. The van der Waals surface area contributed by atoms with Gasteiger partial charge < -0.3 is 5.73 Å². The summed E-state index contributed by atoms with van der Waals surface area (Å²) in [5.74, 6) is 0. The Bertz CT molecular complexity index is 13.5. The van der Waals surface area contributed by atoms with Gasteiger partial charge in [0.2, 0.25) is 0 Å². The molecule has 0 unspecified atom stereocenters. The van der Waals surface area contributed by atoms with Crippen LogP contribution in [0.25, 0.3) is 5.73 Å². The van der Waals surface area contributed by atoms with Crippen LogP contribution in [0.5, 0.6) is 0 Å². The van der Waals surface area contributed by atoms with Gasteiger partial charge in [-0.1, -0.05) is 6.92 Å². The average molecular weight is 493 g/mol. The van der Waals surface area contributed by atoms with Crippen molar-refractivity contribution in [1.82, 2.24) is 0 Å². The van der Waals surface area contributed by atoms with Gasteiger partial charge in [0.05, 0.1) is 0 Å². The number of hydrogen-bond donors (Lipinski definition) is 0. The molecule has 0 amide bonds. The van der Waals surface area contributed by atoms with E-state index >= 15 is 0 Å². The van der Waals surface area contributed by atoms with Gasteiger partial charge in [0, 0.05) is 0 Å². The maximum atomic E-state index is 6.21. The van der Waals surface area contributed by atoms with Gasteiger partial charge in [-0.05, 0) is 0 Å². The summed E-state index contributed by atoms with van der Waals surface area (Å²) in [5.41, 5.74) is 6.21. The molecule has 0 saturated heterocycles.